The van der Waals surface area contributed by atoms with Crippen molar-refractivity contribution >= 4 is 21.7 Å². The van der Waals surface area contributed by atoms with Gasteiger partial charge in [0.25, 0.3) is 5.91 Å². The van der Waals surface area contributed by atoms with Crippen LogP contribution in [0.3, 0.4) is 0 Å². The van der Waals surface area contributed by atoms with Gasteiger partial charge in [-0.15, -0.1) is 0 Å². The summed E-state index contributed by atoms with van der Waals surface area (Å²) in [6.45, 7) is 5.90. The molecule has 1 unspecified atom stereocenters. The molecule has 0 bridgehead atoms. The number of rotatable bonds is 3. The van der Waals surface area contributed by atoms with Crippen LogP contribution in [-0.4, -0.2) is 66.9 Å². The average molecular weight is 366 g/mol. The molecule has 1 aromatic heterocycles. The Hall–Kier alpha value is -1.70. The zero-order chi connectivity index (χ0) is 18.2. The lowest BCUT2D eigenvalue weighted by atomic mass is 10.00. The number of anilines is 1. The maximum absolute atomic E-state index is 12.8. The number of aryl methyl sites for hydroxylation is 1. The summed E-state index contributed by atoms with van der Waals surface area (Å²) >= 11 is 0. The number of nitrogens with zero attached hydrogens (tertiary/aromatic N) is 4. The summed E-state index contributed by atoms with van der Waals surface area (Å²) in [5.74, 6) is 1.25. The maximum atomic E-state index is 12.8. The van der Waals surface area contributed by atoms with Gasteiger partial charge in [0.1, 0.15) is 5.69 Å². The summed E-state index contributed by atoms with van der Waals surface area (Å²) in [7, 11) is -1.37. The van der Waals surface area contributed by atoms with Crippen LogP contribution in [0.5, 0.6) is 0 Å². The Labute approximate surface area is 149 Å². The molecule has 0 spiro atoms. The molecule has 7 nitrogen and oxygen atoms in total. The largest absolute Gasteiger partial charge is 0.341 e. The van der Waals surface area contributed by atoms with Gasteiger partial charge >= 0.3 is 0 Å². The Bertz CT molecular complexity index is 757. The molecule has 25 heavy (non-hydrogen) atoms. The molecular formula is C17H26N4O3S. The van der Waals surface area contributed by atoms with Crippen molar-refractivity contribution < 1.29 is 13.2 Å². The van der Waals surface area contributed by atoms with Gasteiger partial charge in [0.2, 0.25) is 5.95 Å². The first-order valence-electron chi connectivity index (χ1n) is 8.83. The summed E-state index contributed by atoms with van der Waals surface area (Å²) in [5.41, 5.74) is 1.09. The lowest BCUT2D eigenvalue weighted by Crippen LogP contribution is -2.39. The number of aromatic nitrogens is 2. The number of piperidine rings is 1. The molecule has 8 heteroatoms. The molecule has 1 aromatic rings. The third-order valence-electron chi connectivity index (χ3n) is 5.20. The zero-order valence-electron chi connectivity index (χ0n) is 15.1. The van der Waals surface area contributed by atoms with E-state index in [2.05, 4.69) is 21.8 Å². The van der Waals surface area contributed by atoms with Crippen molar-refractivity contribution in [1.82, 2.24) is 14.9 Å². The smallest absolute Gasteiger partial charge is 0.272 e. The van der Waals surface area contributed by atoms with Crippen molar-refractivity contribution in [2.24, 2.45) is 5.92 Å². The van der Waals surface area contributed by atoms with Crippen LogP contribution < -0.4 is 4.90 Å². The fraction of sp³-hybridized carbons (Fsp3) is 0.706. The Morgan fingerprint density at radius 3 is 2.52 bits per heavy atom. The standard InChI is InChI=1S/C17H26N4O3S/c1-12-4-7-21(8-5-12)17-18-13(2)10-15(19-17)16(22)20(3)14-6-9-25(23,24)11-14/h10,12,14H,4-9,11H2,1-3H3. The molecule has 0 aliphatic carbocycles. The molecule has 1 atom stereocenters. The van der Waals surface area contributed by atoms with Crippen LogP contribution >= 0.6 is 0 Å². The van der Waals surface area contributed by atoms with Crippen LogP contribution in [0.2, 0.25) is 0 Å². The van der Waals surface area contributed by atoms with Gasteiger partial charge in [0.05, 0.1) is 11.5 Å². The lowest BCUT2D eigenvalue weighted by Gasteiger charge is -2.30. The van der Waals surface area contributed by atoms with E-state index >= 15 is 0 Å². The topological polar surface area (TPSA) is 83.5 Å². The molecular weight excluding hydrogens is 340 g/mol. The Morgan fingerprint density at radius 1 is 1.24 bits per heavy atom. The number of carbonyl (C=O) groups is 1. The van der Waals surface area contributed by atoms with E-state index in [4.69, 9.17) is 0 Å². The summed E-state index contributed by atoms with van der Waals surface area (Å²) in [5, 5.41) is 0. The molecule has 138 valence electrons. The quantitative estimate of drug-likeness (QED) is 0.801. The van der Waals surface area contributed by atoms with E-state index in [1.54, 1.807) is 13.1 Å². The molecule has 2 fully saturated rings. The normalized spacial score (nSPS) is 23.6. The lowest BCUT2D eigenvalue weighted by molar-refractivity contribution is 0.0741. The van der Waals surface area contributed by atoms with Crippen LogP contribution in [-0.2, 0) is 9.84 Å². The van der Waals surface area contributed by atoms with E-state index in [0.29, 0.717) is 24.0 Å². The summed E-state index contributed by atoms with van der Waals surface area (Å²) in [4.78, 5) is 25.4. The molecule has 2 aliphatic heterocycles. The predicted molar refractivity (Wildman–Crippen MR) is 96.5 cm³/mol. The van der Waals surface area contributed by atoms with Crippen molar-refractivity contribution in [1.29, 1.82) is 0 Å². The molecule has 0 saturated carbocycles. The van der Waals surface area contributed by atoms with Crippen molar-refractivity contribution in [2.75, 3.05) is 36.5 Å². The Morgan fingerprint density at radius 2 is 1.92 bits per heavy atom. The highest BCUT2D eigenvalue weighted by molar-refractivity contribution is 7.91. The SMILES string of the molecule is Cc1cc(C(=O)N(C)C2CCS(=O)(=O)C2)nc(N2CCC(C)CC2)n1. The monoisotopic (exact) mass is 366 g/mol. The van der Waals surface area contributed by atoms with Gasteiger partial charge in [-0.2, -0.15) is 0 Å². The van der Waals surface area contributed by atoms with Crippen LogP contribution in [0, 0.1) is 12.8 Å². The van der Waals surface area contributed by atoms with E-state index in [-0.39, 0.29) is 23.5 Å². The molecule has 2 saturated heterocycles. The van der Waals surface area contributed by atoms with Crippen molar-refractivity contribution in [3.05, 3.63) is 17.5 Å². The van der Waals surface area contributed by atoms with Gasteiger partial charge in [-0.05, 0) is 38.2 Å². The predicted octanol–water partition coefficient (Wildman–Crippen LogP) is 1.28. The second kappa shape index (κ2) is 6.90. The molecule has 2 aliphatic rings. The van der Waals surface area contributed by atoms with E-state index in [1.165, 1.54) is 4.90 Å². The first-order valence-corrected chi connectivity index (χ1v) is 10.7. The van der Waals surface area contributed by atoms with E-state index in [0.717, 1.165) is 31.6 Å². The number of carbonyl (C=O) groups excluding carboxylic acids is 1. The van der Waals surface area contributed by atoms with Crippen LogP contribution in [0.15, 0.2) is 6.07 Å². The number of amides is 1. The third-order valence-corrected chi connectivity index (χ3v) is 6.95. The van der Waals surface area contributed by atoms with Gasteiger partial charge in [-0.25, -0.2) is 18.4 Å². The highest BCUT2D eigenvalue weighted by Gasteiger charge is 2.33. The van der Waals surface area contributed by atoms with Crippen molar-refractivity contribution in [2.45, 2.75) is 39.2 Å². The van der Waals surface area contributed by atoms with Gasteiger partial charge in [-0.1, -0.05) is 6.92 Å². The minimum absolute atomic E-state index is 0.0379. The van der Waals surface area contributed by atoms with Crippen molar-refractivity contribution in [3.63, 3.8) is 0 Å². The number of sulfone groups is 1. The molecule has 3 rings (SSSR count). The molecule has 0 radical (unpaired) electrons. The van der Waals surface area contributed by atoms with Gasteiger partial charge in [0, 0.05) is 31.9 Å². The van der Waals surface area contributed by atoms with E-state index in [9.17, 15) is 13.2 Å². The fourth-order valence-electron chi connectivity index (χ4n) is 3.44. The maximum Gasteiger partial charge on any atom is 0.272 e. The first-order chi connectivity index (χ1) is 11.7. The minimum Gasteiger partial charge on any atom is -0.341 e. The Kier molecular flexibility index (Phi) is 4.99. The summed E-state index contributed by atoms with van der Waals surface area (Å²) in [6, 6.07) is 1.41. The highest BCUT2D eigenvalue weighted by Crippen LogP contribution is 2.22. The Balaban J connectivity index is 1.78. The van der Waals surface area contributed by atoms with Gasteiger partial charge in [0.15, 0.2) is 9.84 Å². The van der Waals surface area contributed by atoms with E-state index in [1.807, 2.05) is 6.92 Å². The summed E-state index contributed by atoms with van der Waals surface area (Å²) < 4.78 is 23.4. The minimum atomic E-state index is -3.03. The van der Waals surface area contributed by atoms with Crippen LogP contribution in [0.25, 0.3) is 0 Å². The van der Waals surface area contributed by atoms with Gasteiger partial charge < -0.3 is 9.80 Å². The average Bonchev–Trinajstić information content (AvgIpc) is 2.93. The second-order valence-corrected chi connectivity index (χ2v) is 9.57. The zero-order valence-corrected chi connectivity index (χ0v) is 15.9. The third kappa shape index (κ3) is 4.11. The fourth-order valence-corrected chi connectivity index (χ4v) is 5.21. The first kappa shape index (κ1) is 18.1. The molecule has 1 amide bonds. The van der Waals surface area contributed by atoms with Gasteiger partial charge in [-0.3, -0.25) is 4.79 Å². The summed E-state index contributed by atoms with van der Waals surface area (Å²) in [6.07, 6.45) is 2.69. The highest BCUT2D eigenvalue weighted by atomic mass is 32.2. The molecule has 0 aromatic carbocycles. The van der Waals surface area contributed by atoms with Crippen LogP contribution in [0.4, 0.5) is 5.95 Å². The second-order valence-electron chi connectivity index (χ2n) is 7.34. The number of hydrogen-bond acceptors (Lipinski definition) is 6. The van der Waals surface area contributed by atoms with E-state index < -0.39 is 9.84 Å². The molecule has 0 N–H and O–H groups in total. The van der Waals surface area contributed by atoms with Crippen molar-refractivity contribution in [3.8, 4) is 0 Å². The molecule has 3 heterocycles. The number of hydrogen-bond donors (Lipinski definition) is 0. The van der Waals surface area contributed by atoms with Crippen LogP contribution in [0.1, 0.15) is 42.4 Å².